The summed E-state index contributed by atoms with van der Waals surface area (Å²) < 4.78 is 42.6. The van der Waals surface area contributed by atoms with Crippen LogP contribution in [0.15, 0.2) is 78.9 Å². The Morgan fingerprint density at radius 1 is 0.700 bits per heavy atom. The lowest BCUT2D eigenvalue weighted by molar-refractivity contribution is -0.137. The highest BCUT2D eigenvalue weighted by molar-refractivity contribution is 5.88. The summed E-state index contributed by atoms with van der Waals surface area (Å²) in [6.07, 6.45) is 6.10. The molecule has 40 heavy (non-hydrogen) atoms. The van der Waals surface area contributed by atoms with Crippen molar-refractivity contribution in [3.05, 3.63) is 95.6 Å². The lowest BCUT2D eigenvalue weighted by Gasteiger charge is -2.29. The molecule has 1 aliphatic rings. The summed E-state index contributed by atoms with van der Waals surface area (Å²) in [5.74, 6) is 1.83. The fourth-order valence-corrected chi connectivity index (χ4v) is 6.42. The van der Waals surface area contributed by atoms with Crippen molar-refractivity contribution in [1.82, 2.24) is 0 Å². The average molecular weight is 543 g/mol. The monoisotopic (exact) mass is 542 g/mol. The van der Waals surface area contributed by atoms with Gasteiger partial charge in [0.1, 0.15) is 0 Å². The highest BCUT2D eigenvalue weighted by atomic mass is 19.4. The molecule has 210 valence electrons. The van der Waals surface area contributed by atoms with E-state index in [4.69, 9.17) is 0 Å². The summed E-state index contributed by atoms with van der Waals surface area (Å²) in [4.78, 5) is 0. The van der Waals surface area contributed by atoms with Gasteiger partial charge in [-0.25, -0.2) is 0 Å². The summed E-state index contributed by atoms with van der Waals surface area (Å²) >= 11 is 0. The first-order valence-electron chi connectivity index (χ1n) is 15.1. The van der Waals surface area contributed by atoms with Crippen molar-refractivity contribution in [3.63, 3.8) is 0 Å². The van der Waals surface area contributed by atoms with Crippen LogP contribution in [0.25, 0.3) is 33.0 Å². The molecule has 0 atom stereocenters. The smallest absolute Gasteiger partial charge is 0.166 e. The van der Waals surface area contributed by atoms with E-state index in [2.05, 4.69) is 45.0 Å². The molecule has 0 N–H and O–H groups in total. The van der Waals surface area contributed by atoms with Crippen molar-refractivity contribution in [3.8, 4) is 22.3 Å². The summed E-state index contributed by atoms with van der Waals surface area (Å²) in [5.41, 5.74) is 4.12. The van der Waals surface area contributed by atoms with Gasteiger partial charge in [0.05, 0.1) is 5.56 Å². The van der Waals surface area contributed by atoms with Gasteiger partial charge in [-0.05, 0) is 99.7 Å². The van der Waals surface area contributed by atoms with Gasteiger partial charge in [-0.2, -0.15) is 13.2 Å². The predicted molar refractivity (Wildman–Crippen MR) is 163 cm³/mol. The molecule has 0 heterocycles. The first kappa shape index (κ1) is 28.5. The fourth-order valence-electron chi connectivity index (χ4n) is 6.42. The molecule has 0 bridgehead atoms. The number of halogens is 3. The van der Waals surface area contributed by atoms with E-state index in [9.17, 15) is 13.2 Å². The maximum atomic E-state index is 14.2. The average Bonchev–Trinajstić information content (AvgIpc) is 2.96. The molecule has 0 nitrogen and oxygen atoms in total. The number of rotatable bonds is 8. The zero-order valence-corrected chi connectivity index (χ0v) is 24.0. The molecule has 3 heteroatoms. The molecular weight excluding hydrogens is 501 g/mol. The van der Waals surface area contributed by atoms with E-state index >= 15 is 0 Å². The molecule has 1 fully saturated rings. The van der Waals surface area contributed by atoms with Crippen LogP contribution in [-0.2, 0) is 6.18 Å². The summed E-state index contributed by atoms with van der Waals surface area (Å²) in [6.45, 7) is 6.42. The van der Waals surface area contributed by atoms with Crippen molar-refractivity contribution in [2.45, 2.75) is 90.1 Å². The van der Waals surface area contributed by atoms with Crippen LogP contribution in [0.1, 0.15) is 101 Å². The van der Waals surface area contributed by atoms with Crippen LogP contribution < -0.4 is 0 Å². The van der Waals surface area contributed by atoms with Gasteiger partial charge in [0.15, 0.2) is 0 Å². The largest absolute Gasteiger partial charge is 0.417 e. The minimum Gasteiger partial charge on any atom is -0.166 e. The van der Waals surface area contributed by atoms with Gasteiger partial charge in [-0.15, -0.1) is 0 Å². The Morgan fingerprint density at radius 3 is 2.00 bits per heavy atom. The van der Waals surface area contributed by atoms with Crippen LogP contribution in [0.4, 0.5) is 13.2 Å². The lowest BCUT2D eigenvalue weighted by Crippen LogP contribution is -2.13. The SMILES string of the molecule is CCCCCC1CCC(c2ccc3cc(-c4ccc(-c5ccc(C(C)C)cc5)c(C(F)(F)F)c4)ccc3c2)CC1. The molecular formula is C37H41F3. The van der Waals surface area contributed by atoms with E-state index < -0.39 is 11.7 Å². The third-order valence-corrected chi connectivity index (χ3v) is 8.95. The number of hydrogen-bond acceptors (Lipinski definition) is 0. The van der Waals surface area contributed by atoms with Gasteiger partial charge in [0.2, 0.25) is 0 Å². The van der Waals surface area contributed by atoms with Crippen molar-refractivity contribution >= 4 is 10.8 Å². The van der Waals surface area contributed by atoms with Crippen molar-refractivity contribution in [1.29, 1.82) is 0 Å². The number of hydrogen-bond donors (Lipinski definition) is 0. The molecule has 0 saturated heterocycles. The van der Waals surface area contributed by atoms with E-state index in [0.717, 1.165) is 27.8 Å². The molecule has 0 aliphatic heterocycles. The minimum absolute atomic E-state index is 0.220. The predicted octanol–water partition coefficient (Wildman–Crippen LogP) is 12.2. The van der Waals surface area contributed by atoms with Crippen molar-refractivity contribution in [2.75, 3.05) is 0 Å². The molecule has 0 unspecified atom stereocenters. The first-order valence-corrected chi connectivity index (χ1v) is 15.1. The number of benzene rings is 4. The van der Waals surface area contributed by atoms with Gasteiger partial charge in [0, 0.05) is 0 Å². The fraction of sp³-hybridized carbons (Fsp3) is 0.405. The van der Waals surface area contributed by atoms with Crippen molar-refractivity contribution in [2.24, 2.45) is 5.92 Å². The van der Waals surface area contributed by atoms with E-state index in [1.165, 1.54) is 63.0 Å². The zero-order chi connectivity index (χ0) is 28.3. The topological polar surface area (TPSA) is 0 Å². The normalized spacial score (nSPS) is 18.0. The summed E-state index contributed by atoms with van der Waals surface area (Å²) in [6, 6.07) is 24.9. The summed E-state index contributed by atoms with van der Waals surface area (Å²) in [7, 11) is 0. The van der Waals surface area contributed by atoms with Crippen LogP contribution in [0.5, 0.6) is 0 Å². The van der Waals surface area contributed by atoms with Crippen LogP contribution in [0, 0.1) is 5.92 Å². The molecule has 0 amide bonds. The van der Waals surface area contributed by atoms with E-state index in [-0.39, 0.29) is 5.56 Å². The van der Waals surface area contributed by atoms with Gasteiger partial charge in [0.25, 0.3) is 0 Å². The van der Waals surface area contributed by atoms with Gasteiger partial charge >= 0.3 is 6.18 Å². The summed E-state index contributed by atoms with van der Waals surface area (Å²) in [5, 5.41) is 2.22. The maximum Gasteiger partial charge on any atom is 0.417 e. The molecule has 1 saturated carbocycles. The number of fused-ring (bicyclic) bond motifs is 1. The standard InChI is InChI=1S/C37H41F3/c1-4-5-6-7-26-8-10-28(11-9-26)30-16-17-32-23-33(19-18-31(32)22-30)34-20-21-35(36(24-34)37(38,39)40)29-14-12-27(13-15-29)25(2)3/h12-26,28H,4-11H2,1-3H3. The van der Waals surface area contributed by atoms with Crippen LogP contribution in [0.3, 0.4) is 0 Å². The number of unbranched alkanes of at least 4 members (excludes halogenated alkanes) is 2. The minimum atomic E-state index is -4.44. The van der Waals surface area contributed by atoms with E-state index in [1.807, 2.05) is 30.3 Å². The maximum absolute atomic E-state index is 14.2. The highest BCUT2D eigenvalue weighted by Gasteiger charge is 2.34. The quantitative estimate of drug-likeness (QED) is 0.194. The molecule has 4 aromatic carbocycles. The second-order valence-corrected chi connectivity index (χ2v) is 12.1. The molecule has 1 aliphatic carbocycles. The van der Waals surface area contributed by atoms with Crippen molar-refractivity contribution < 1.29 is 13.2 Å². The molecule has 0 aromatic heterocycles. The Bertz CT molecular complexity index is 1420. The molecule has 5 rings (SSSR count). The molecule has 0 spiro atoms. The van der Waals surface area contributed by atoms with E-state index in [0.29, 0.717) is 23.0 Å². The Balaban J connectivity index is 1.37. The lowest BCUT2D eigenvalue weighted by atomic mass is 9.76. The second-order valence-electron chi connectivity index (χ2n) is 12.1. The Morgan fingerprint density at radius 2 is 1.32 bits per heavy atom. The highest BCUT2D eigenvalue weighted by Crippen LogP contribution is 2.41. The molecule has 0 radical (unpaired) electrons. The Kier molecular flexibility index (Phi) is 8.68. The van der Waals surface area contributed by atoms with Gasteiger partial charge < -0.3 is 0 Å². The number of alkyl halides is 3. The third kappa shape index (κ3) is 6.45. The first-order chi connectivity index (χ1) is 19.2. The van der Waals surface area contributed by atoms with Crippen LogP contribution >= 0.6 is 0 Å². The van der Waals surface area contributed by atoms with Crippen LogP contribution in [-0.4, -0.2) is 0 Å². The Labute approximate surface area is 237 Å². The van der Waals surface area contributed by atoms with Gasteiger partial charge in [-0.1, -0.05) is 113 Å². The third-order valence-electron chi connectivity index (χ3n) is 8.95. The van der Waals surface area contributed by atoms with Crippen LogP contribution in [0.2, 0.25) is 0 Å². The zero-order valence-electron chi connectivity index (χ0n) is 24.0. The van der Waals surface area contributed by atoms with Gasteiger partial charge in [-0.3, -0.25) is 0 Å². The molecule has 4 aromatic rings. The van der Waals surface area contributed by atoms with E-state index in [1.54, 1.807) is 18.2 Å². The second kappa shape index (κ2) is 12.2. The Hall–Kier alpha value is -3.07.